The van der Waals surface area contributed by atoms with Gasteiger partial charge in [-0.15, -0.1) is 0 Å². The molecule has 6 nitrogen and oxygen atoms in total. The number of aryl methyl sites for hydroxylation is 1. The number of phenols is 1. The van der Waals surface area contributed by atoms with Gasteiger partial charge in [0.25, 0.3) is 0 Å². The molecule has 6 heteroatoms. The van der Waals surface area contributed by atoms with E-state index in [-0.39, 0.29) is 0 Å². The van der Waals surface area contributed by atoms with Crippen LogP contribution in [0.2, 0.25) is 0 Å². The molecule has 2 aliphatic rings. The van der Waals surface area contributed by atoms with Gasteiger partial charge in [0.1, 0.15) is 11.5 Å². The van der Waals surface area contributed by atoms with E-state index in [1.54, 1.807) is 0 Å². The summed E-state index contributed by atoms with van der Waals surface area (Å²) in [7, 11) is 2.15. The fourth-order valence-electron chi connectivity index (χ4n) is 3.85. The minimum atomic E-state index is -0.646. The van der Waals surface area contributed by atoms with Crippen molar-refractivity contribution in [2.45, 2.75) is 39.7 Å². The average Bonchev–Trinajstić information content (AvgIpc) is 2.71. The normalized spacial score (nSPS) is 19.6. The first-order valence-corrected chi connectivity index (χ1v) is 10.5. The number of nitrogens with zero attached hydrogens (tertiary/aromatic N) is 3. The third-order valence-corrected chi connectivity index (χ3v) is 5.81. The van der Waals surface area contributed by atoms with Crippen molar-refractivity contribution < 1.29 is 14.6 Å². The molecule has 2 aliphatic heterocycles. The number of fused-ring (bicyclic) bond motifs is 1. The van der Waals surface area contributed by atoms with Crippen molar-refractivity contribution in [3.8, 4) is 11.5 Å². The molecule has 1 fully saturated rings. The van der Waals surface area contributed by atoms with Gasteiger partial charge in [0.05, 0.1) is 12.3 Å². The summed E-state index contributed by atoms with van der Waals surface area (Å²) in [4.78, 5) is 9.20. The number of pyridine rings is 1. The quantitative estimate of drug-likeness (QED) is 0.832. The van der Waals surface area contributed by atoms with E-state index >= 15 is 0 Å². The summed E-state index contributed by atoms with van der Waals surface area (Å²) in [5.74, 6) is 0.500. The Kier molecular flexibility index (Phi) is 5.82. The molecule has 3 heterocycles. The number of piperazine rings is 1. The Morgan fingerprint density at radius 2 is 1.93 bits per heavy atom. The van der Waals surface area contributed by atoms with Crippen molar-refractivity contribution in [3.05, 3.63) is 52.3 Å². The Balaban J connectivity index is 1.49. The number of likely N-dealkylation sites (N-methyl/N-ethyl adjacent to an activating group) is 1. The van der Waals surface area contributed by atoms with Crippen molar-refractivity contribution in [2.24, 2.45) is 0 Å². The van der Waals surface area contributed by atoms with Gasteiger partial charge in [-0.2, -0.15) is 0 Å². The molecule has 0 aliphatic carbocycles. The van der Waals surface area contributed by atoms with Crippen LogP contribution in [-0.2, 0) is 17.9 Å². The van der Waals surface area contributed by atoms with Crippen molar-refractivity contribution in [3.63, 3.8) is 0 Å². The molecule has 0 spiro atoms. The number of hydrogen-bond donors (Lipinski definition) is 1. The summed E-state index contributed by atoms with van der Waals surface area (Å²) in [6.07, 6.45) is 5.84. The zero-order chi connectivity index (χ0) is 21.3. The number of aromatic hydroxyl groups is 1. The maximum absolute atomic E-state index is 10.5. The number of hydrogen-bond acceptors (Lipinski definition) is 6. The minimum absolute atomic E-state index is 0.341. The third kappa shape index (κ3) is 4.67. The van der Waals surface area contributed by atoms with Gasteiger partial charge in [0.15, 0.2) is 0 Å². The van der Waals surface area contributed by atoms with E-state index in [9.17, 15) is 5.11 Å². The lowest BCUT2D eigenvalue weighted by Crippen LogP contribution is -2.43. The molecule has 160 valence electrons. The molecule has 1 N–H and O–H groups in total. The van der Waals surface area contributed by atoms with E-state index in [1.807, 2.05) is 57.3 Å². The molecule has 4 rings (SSSR count). The van der Waals surface area contributed by atoms with Gasteiger partial charge in [-0.3, -0.25) is 9.88 Å². The van der Waals surface area contributed by atoms with E-state index in [4.69, 9.17) is 9.47 Å². The van der Waals surface area contributed by atoms with E-state index in [0.717, 1.165) is 66.4 Å². The Labute approximate surface area is 178 Å². The summed E-state index contributed by atoms with van der Waals surface area (Å²) in [5.41, 5.74) is 4.75. The van der Waals surface area contributed by atoms with Gasteiger partial charge in [0, 0.05) is 69.5 Å². The van der Waals surface area contributed by atoms with Crippen molar-refractivity contribution in [2.75, 3.05) is 33.2 Å². The van der Waals surface area contributed by atoms with E-state index in [0.29, 0.717) is 12.4 Å². The predicted molar refractivity (Wildman–Crippen MR) is 118 cm³/mol. The summed E-state index contributed by atoms with van der Waals surface area (Å²) in [5, 5.41) is 10.5. The molecule has 2 aromatic rings. The molecule has 0 saturated carbocycles. The molecule has 0 amide bonds. The number of rotatable bonds is 4. The van der Waals surface area contributed by atoms with Gasteiger partial charge in [-0.05, 0) is 25.6 Å². The standard InChI is InChI=1S/C24H31N3O3/c1-17-23-21(16-29-24(2,3)30-23)19(14-25-17)7-5-18-6-8-20(22(28)13-18)15-27-11-9-26(4)10-12-27/h5-8,13-14,28H,9-12,15-16H2,1-4H3/b7-5+. The van der Waals surface area contributed by atoms with Crippen LogP contribution in [0.4, 0.5) is 0 Å². The second-order valence-corrected chi connectivity index (χ2v) is 8.70. The smallest absolute Gasteiger partial charge is 0.205 e. The van der Waals surface area contributed by atoms with Crippen LogP contribution < -0.4 is 4.74 Å². The fourth-order valence-corrected chi connectivity index (χ4v) is 3.85. The first kappa shape index (κ1) is 20.8. The summed E-state index contributed by atoms with van der Waals surface area (Å²) >= 11 is 0. The van der Waals surface area contributed by atoms with E-state index in [2.05, 4.69) is 21.8 Å². The molecular formula is C24H31N3O3. The van der Waals surface area contributed by atoms with E-state index in [1.165, 1.54) is 0 Å². The third-order valence-electron chi connectivity index (χ3n) is 5.81. The highest BCUT2D eigenvalue weighted by Gasteiger charge is 2.30. The summed E-state index contributed by atoms with van der Waals surface area (Å²) in [6, 6.07) is 5.89. The van der Waals surface area contributed by atoms with Crippen LogP contribution in [0.25, 0.3) is 12.2 Å². The van der Waals surface area contributed by atoms with Crippen molar-refractivity contribution in [1.29, 1.82) is 0 Å². The highest BCUT2D eigenvalue weighted by Crippen LogP contribution is 2.35. The zero-order valence-corrected chi connectivity index (χ0v) is 18.3. The van der Waals surface area contributed by atoms with Gasteiger partial charge in [-0.25, -0.2) is 0 Å². The molecule has 0 bridgehead atoms. The maximum Gasteiger partial charge on any atom is 0.205 e. The van der Waals surface area contributed by atoms with Crippen LogP contribution in [0.3, 0.4) is 0 Å². The van der Waals surface area contributed by atoms with Crippen LogP contribution in [0, 0.1) is 6.92 Å². The Morgan fingerprint density at radius 1 is 1.17 bits per heavy atom. The van der Waals surface area contributed by atoms with Crippen LogP contribution in [0.5, 0.6) is 11.5 Å². The molecule has 0 unspecified atom stereocenters. The molecule has 0 atom stereocenters. The number of ether oxygens (including phenoxy) is 2. The molecular weight excluding hydrogens is 378 g/mol. The first-order valence-electron chi connectivity index (χ1n) is 10.5. The van der Waals surface area contributed by atoms with Gasteiger partial charge < -0.3 is 19.5 Å². The second-order valence-electron chi connectivity index (χ2n) is 8.70. The number of aromatic nitrogens is 1. The molecule has 0 radical (unpaired) electrons. The van der Waals surface area contributed by atoms with Crippen LogP contribution in [0.1, 0.15) is 41.8 Å². The Hall–Kier alpha value is -2.41. The SMILES string of the molecule is Cc1ncc(/C=C/c2ccc(CN3CCN(C)CC3)c(O)c2)c2c1OC(C)(C)OC2. The lowest BCUT2D eigenvalue weighted by atomic mass is 10.0. The maximum atomic E-state index is 10.5. The average molecular weight is 410 g/mol. The largest absolute Gasteiger partial charge is 0.508 e. The van der Waals surface area contributed by atoms with Crippen molar-refractivity contribution >= 4 is 12.2 Å². The monoisotopic (exact) mass is 409 g/mol. The van der Waals surface area contributed by atoms with Crippen molar-refractivity contribution in [1.82, 2.24) is 14.8 Å². The number of benzene rings is 1. The minimum Gasteiger partial charge on any atom is -0.508 e. The second kappa shape index (κ2) is 8.38. The molecule has 1 saturated heterocycles. The van der Waals surface area contributed by atoms with Crippen LogP contribution in [0.15, 0.2) is 24.4 Å². The van der Waals surface area contributed by atoms with E-state index < -0.39 is 5.79 Å². The Morgan fingerprint density at radius 3 is 2.67 bits per heavy atom. The first-order chi connectivity index (χ1) is 14.3. The summed E-state index contributed by atoms with van der Waals surface area (Å²) < 4.78 is 11.8. The molecule has 30 heavy (non-hydrogen) atoms. The highest BCUT2D eigenvalue weighted by molar-refractivity contribution is 5.73. The lowest BCUT2D eigenvalue weighted by Gasteiger charge is -2.33. The number of phenolic OH excluding ortho intramolecular Hbond substituents is 1. The zero-order valence-electron chi connectivity index (χ0n) is 18.3. The van der Waals surface area contributed by atoms with Crippen LogP contribution in [-0.4, -0.2) is 58.9 Å². The fraction of sp³-hybridized carbons (Fsp3) is 0.458. The molecule has 1 aromatic heterocycles. The van der Waals surface area contributed by atoms with Crippen LogP contribution >= 0.6 is 0 Å². The van der Waals surface area contributed by atoms with Gasteiger partial charge >= 0.3 is 0 Å². The van der Waals surface area contributed by atoms with Gasteiger partial charge in [-0.1, -0.05) is 24.3 Å². The van der Waals surface area contributed by atoms with Gasteiger partial charge in [0.2, 0.25) is 5.79 Å². The Bertz CT molecular complexity index is 947. The lowest BCUT2D eigenvalue weighted by molar-refractivity contribution is -0.180. The highest BCUT2D eigenvalue weighted by atomic mass is 16.7. The molecule has 1 aromatic carbocycles. The topological polar surface area (TPSA) is 58.1 Å². The predicted octanol–water partition coefficient (Wildman–Crippen LogP) is 3.66. The summed E-state index contributed by atoms with van der Waals surface area (Å²) in [6.45, 7) is 11.2.